The Hall–Kier alpha value is -3.09. The molecule has 1 aliphatic heterocycles. The van der Waals surface area contributed by atoms with Crippen LogP contribution in [0.2, 0.25) is 5.02 Å². The molecule has 5 rings (SSSR count). The SMILES string of the molecule is OCC1CCCN(c2nc(-c3ccccc3)nc3[nH]c(COc4cccc(Cl)c4)cc23)C1.[HH]. The van der Waals surface area contributed by atoms with Crippen LogP contribution in [-0.2, 0) is 6.61 Å². The van der Waals surface area contributed by atoms with Crippen molar-refractivity contribution in [3.63, 3.8) is 0 Å². The fourth-order valence-electron chi connectivity index (χ4n) is 4.21. The number of H-pyrrole nitrogens is 1. The molecule has 0 radical (unpaired) electrons. The number of ether oxygens (including phenoxy) is 1. The third-order valence-corrected chi connectivity index (χ3v) is 6.06. The van der Waals surface area contributed by atoms with Gasteiger partial charge in [0.15, 0.2) is 5.82 Å². The summed E-state index contributed by atoms with van der Waals surface area (Å²) in [5, 5.41) is 11.3. The number of aliphatic hydroxyl groups is 1. The number of aromatic nitrogens is 3. The predicted octanol–water partition coefficient (Wildman–Crippen LogP) is 5.31. The molecule has 3 heterocycles. The van der Waals surface area contributed by atoms with Gasteiger partial charge in [0.2, 0.25) is 0 Å². The first-order valence-electron chi connectivity index (χ1n) is 10.9. The predicted molar refractivity (Wildman–Crippen MR) is 129 cm³/mol. The lowest BCUT2D eigenvalue weighted by atomic mass is 9.99. The van der Waals surface area contributed by atoms with Crippen molar-refractivity contribution >= 4 is 28.5 Å². The third kappa shape index (κ3) is 4.42. The quantitative estimate of drug-likeness (QED) is 0.416. The van der Waals surface area contributed by atoms with E-state index in [-0.39, 0.29) is 14.0 Å². The van der Waals surface area contributed by atoms with Gasteiger partial charge in [0.05, 0.1) is 11.1 Å². The van der Waals surface area contributed by atoms with Crippen molar-refractivity contribution in [2.24, 2.45) is 5.92 Å². The van der Waals surface area contributed by atoms with Gasteiger partial charge in [0.25, 0.3) is 0 Å². The van der Waals surface area contributed by atoms with E-state index in [9.17, 15) is 5.11 Å². The van der Waals surface area contributed by atoms with Crippen molar-refractivity contribution in [2.75, 3.05) is 24.6 Å². The van der Waals surface area contributed by atoms with Gasteiger partial charge >= 0.3 is 0 Å². The number of halogens is 1. The molecule has 2 aromatic carbocycles. The van der Waals surface area contributed by atoms with Gasteiger partial charge < -0.3 is 19.7 Å². The zero-order valence-corrected chi connectivity index (χ0v) is 18.4. The maximum atomic E-state index is 9.71. The first-order valence-corrected chi connectivity index (χ1v) is 11.3. The zero-order chi connectivity index (χ0) is 21.9. The highest BCUT2D eigenvalue weighted by Gasteiger charge is 2.24. The Morgan fingerprint density at radius 2 is 2.00 bits per heavy atom. The number of hydrogen-bond donors (Lipinski definition) is 2. The Morgan fingerprint density at radius 1 is 1.12 bits per heavy atom. The van der Waals surface area contributed by atoms with E-state index in [1.165, 1.54) is 0 Å². The van der Waals surface area contributed by atoms with E-state index in [1.807, 2.05) is 48.5 Å². The number of benzene rings is 2. The van der Waals surface area contributed by atoms with Crippen LogP contribution in [0.3, 0.4) is 0 Å². The van der Waals surface area contributed by atoms with Crippen LogP contribution in [-0.4, -0.2) is 39.8 Å². The molecule has 1 unspecified atom stereocenters. The fraction of sp³-hybridized carbons (Fsp3) is 0.280. The number of fused-ring (bicyclic) bond motifs is 1. The second-order valence-electron chi connectivity index (χ2n) is 8.18. The van der Waals surface area contributed by atoms with Gasteiger partial charge in [-0.2, -0.15) is 0 Å². The van der Waals surface area contributed by atoms with E-state index in [0.29, 0.717) is 23.2 Å². The number of nitrogens with zero attached hydrogens (tertiary/aromatic N) is 3. The van der Waals surface area contributed by atoms with E-state index >= 15 is 0 Å². The molecule has 0 spiro atoms. The smallest absolute Gasteiger partial charge is 0.163 e. The van der Waals surface area contributed by atoms with Crippen molar-refractivity contribution in [3.05, 3.63) is 71.4 Å². The molecular weight excluding hydrogens is 424 g/mol. The minimum absolute atomic E-state index is 0. The molecule has 4 aromatic rings. The molecule has 0 bridgehead atoms. The van der Waals surface area contributed by atoms with Crippen LogP contribution in [0.5, 0.6) is 5.75 Å². The van der Waals surface area contributed by atoms with E-state index in [0.717, 1.165) is 54.0 Å². The molecular formula is C25H27ClN4O2. The van der Waals surface area contributed by atoms with Gasteiger partial charge in [-0.3, -0.25) is 0 Å². The molecule has 7 heteroatoms. The van der Waals surface area contributed by atoms with Crippen LogP contribution in [0.1, 0.15) is 20.0 Å². The van der Waals surface area contributed by atoms with Crippen molar-refractivity contribution in [1.29, 1.82) is 0 Å². The number of aromatic amines is 1. The van der Waals surface area contributed by atoms with Gasteiger partial charge in [0.1, 0.15) is 23.8 Å². The van der Waals surface area contributed by atoms with Crippen LogP contribution >= 0.6 is 11.6 Å². The van der Waals surface area contributed by atoms with E-state index in [4.69, 9.17) is 26.3 Å². The Kier molecular flexibility index (Phi) is 5.97. The van der Waals surface area contributed by atoms with E-state index in [1.54, 1.807) is 6.07 Å². The Morgan fingerprint density at radius 3 is 2.81 bits per heavy atom. The van der Waals surface area contributed by atoms with Crippen molar-refractivity contribution in [2.45, 2.75) is 19.4 Å². The standard InChI is InChI=1S/C25H25ClN4O2.H2/c26-19-9-4-10-21(12-19)32-16-20-13-22-24(27-20)28-23(18-7-2-1-3-8-18)29-25(22)30-11-5-6-17(14-30)15-31;/h1-4,7-10,12-13,17,31H,5-6,11,14-16H2,(H,27,28,29);1H. The molecule has 0 saturated carbocycles. The summed E-state index contributed by atoms with van der Waals surface area (Å²) < 4.78 is 5.93. The highest BCUT2D eigenvalue weighted by molar-refractivity contribution is 6.30. The highest BCUT2D eigenvalue weighted by atomic mass is 35.5. The van der Waals surface area contributed by atoms with Gasteiger partial charge in [-0.25, -0.2) is 9.97 Å². The summed E-state index contributed by atoms with van der Waals surface area (Å²) >= 11 is 6.07. The first-order chi connectivity index (χ1) is 15.7. The molecule has 1 aliphatic rings. The second-order valence-corrected chi connectivity index (χ2v) is 8.61. The Labute approximate surface area is 193 Å². The minimum atomic E-state index is 0. The summed E-state index contributed by atoms with van der Waals surface area (Å²) in [5.74, 6) is 2.56. The lowest BCUT2D eigenvalue weighted by molar-refractivity contribution is 0.208. The monoisotopic (exact) mass is 450 g/mol. The van der Waals surface area contributed by atoms with Crippen LogP contribution in [0, 0.1) is 5.92 Å². The molecule has 0 amide bonds. The van der Waals surface area contributed by atoms with Crippen LogP contribution in [0.4, 0.5) is 5.82 Å². The molecule has 0 aliphatic carbocycles. The molecule has 1 atom stereocenters. The number of nitrogens with one attached hydrogen (secondary N) is 1. The van der Waals surface area contributed by atoms with Gasteiger partial charge in [-0.15, -0.1) is 0 Å². The maximum Gasteiger partial charge on any atom is 0.163 e. The Balaban J connectivity index is 0.00000259. The van der Waals surface area contributed by atoms with E-state index in [2.05, 4.69) is 16.0 Å². The number of anilines is 1. The van der Waals surface area contributed by atoms with Crippen LogP contribution in [0.25, 0.3) is 22.4 Å². The molecule has 32 heavy (non-hydrogen) atoms. The zero-order valence-electron chi connectivity index (χ0n) is 17.7. The lowest BCUT2D eigenvalue weighted by Crippen LogP contribution is -2.37. The number of piperidine rings is 1. The average Bonchev–Trinajstić information content (AvgIpc) is 3.26. The second kappa shape index (κ2) is 9.18. The van der Waals surface area contributed by atoms with Crippen molar-refractivity contribution in [1.82, 2.24) is 15.0 Å². The fourth-order valence-corrected chi connectivity index (χ4v) is 4.39. The number of hydrogen-bond acceptors (Lipinski definition) is 5. The average molecular weight is 451 g/mol. The Bertz CT molecular complexity index is 1220. The molecule has 2 aromatic heterocycles. The van der Waals surface area contributed by atoms with Gasteiger partial charge in [-0.1, -0.05) is 48.0 Å². The van der Waals surface area contributed by atoms with Crippen molar-refractivity contribution < 1.29 is 11.3 Å². The molecule has 2 N–H and O–H groups in total. The summed E-state index contributed by atoms with van der Waals surface area (Å²) in [6.45, 7) is 2.27. The molecule has 166 valence electrons. The lowest BCUT2D eigenvalue weighted by Gasteiger charge is -2.33. The van der Waals surface area contributed by atoms with Crippen LogP contribution in [0.15, 0.2) is 60.7 Å². The van der Waals surface area contributed by atoms with Gasteiger partial charge in [-0.05, 0) is 43.0 Å². The third-order valence-electron chi connectivity index (χ3n) is 5.82. The topological polar surface area (TPSA) is 74.3 Å². The number of aliphatic hydroxyl groups excluding tert-OH is 1. The minimum Gasteiger partial charge on any atom is -0.487 e. The summed E-state index contributed by atoms with van der Waals surface area (Å²) in [6, 6.07) is 19.4. The maximum absolute atomic E-state index is 9.71. The summed E-state index contributed by atoms with van der Waals surface area (Å²) in [7, 11) is 0. The van der Waals surface area contributed by atoms with Gasteiger partial charge in [0, 0.05) is 31.7 Å². The van der Waals surface area contributed by atoms with E-state index < -0.39 is 0 Å². The summed E-state index contributed by atoms with van der Waals surface area (Å²) in [4.78, 5) is 15.5. The largest absolute Gasteiger partial charge is 0.487 e. The molecule has 1 fully saturated rings. The number of rotatable bonds is 6. The molecule has 1 saturated heterocycles. The first kappa shape index (κ1) is 20.8. The summed E-state index contributed by atoms with van der Waals surface area (Å²) in [6.07, 6.45) is 2.07. The van der Waals surface area contributed by atoms with Crippen molar-refractivity contribution in [3.8, 4) is 17.1 Å². The molecule has 6 nitrogen and oxygen atoms in total. The normalized spacial score (nSPS) is 16.4. The van der Waals surface area contributed by atoms with Crippen LogP contribution < -0.4 is 9.64 Å². The highest BCUT2D eigenvalue weighted by Crippen LogP contribution is 2.31. The summed E-state index contributed by atoms with van der Waals surface area (Å²) in [5.41, 5.74) is 2.67.